The highest BCUT2D eigenvalue weighted by Crippen LogP contribution is 2.07. The largest absolute Gasteiger partial charge is 0.481 e. The number of amides is 1. The standard InChI is InChI=1S/C16H21N3O5.C15H18N2O6.C11H14N2O3/c1-4-12(24-14(21)9-8-13(20)17-2)7-5-6-11-10-19(3)16(23)18-15(11)22;1-3-11(23-13(20)8-7-12(18)19)6-4-5-10-9-17(2)15(22)16-14(10)21;1-3-9(14)6-4-5-8-7-13(2)11(16)12-10(8)15/h10,12H,4,7-9H2,1-3H3,(H,17,20)(H,18,22,23);9,11H,3,6-8H2,1-2H3,(H,18,19)(H,16,21,22);7,9,14H,3,6H2,1-2H3,(H,12,15,16)/t12-;11-;9-/m111/s1. The average Bonchev–Trinajstić information content (AvgIpc) is 3.24. The fourth-order valence-corrected chi connectivity index (χ4v) is 4.46. The second kappa shape index (κ2) is 28.2. The molecule has 0 saturated carbocycles. The van der Waals surface area contributed by atoms with Gasteiger partial charge < -0.3 is 38.7 Å². The Morgan fingerprint density at radius 3 is 1.27 bits per heavy atom. The van der Waals surface area contributed by atoms with Gasteiger partial charge in [-0.15, -0.1) is 0 Å². The number of esters is 2. The van der Waals surface area contributed by atoms with Crippen LogP contribution in [0.25, 0.3) is 0 Å². The summed E-state index contributed by atoms with van der Waals surface area (Å²) in [5.74, 6) is 13.8. The van der Waals surface area contributed by atoms with E-state index in [9.17, 15) is 53.1 Å². The Balaban J connectivity index is 0.000000482. The van der Waals surface area contributed by atoms with Gasteiger partial charge in [0.15, 0.2) is 0 Å². The first-order valence-electron chi connectivity index (χ1n) is 19.6. The van der Waals surface area contributed by atoms with Gasteiger partial charge in [-0.2, -0.15) is 0 Å². The number of carbonyl (C=O) groups is 4. The van der Waals surface area contributed by atoms with Crippen molar-refractivity contribution in [3.63, 3.8) is 0 Å². The molecule has 340 valence electrons. The Kier molecular flexibility index (Phi) is 23.9. The van der Waals surface area contributed by atoms with Gasteiger partial charge in [0.25, 0.3) is 16.7 Å². The van der Waals surface area contributed by atoms with Crippen LogP contribution in [0.4, 0.5) is 0 Å². The Labute approximate surface area is 360 Å². The third kappa shape index (κ3) is 21.1. The van der Waals surface area contributed by atoms with E-state index in [4.69, 9.17) is 14.6 Å². The molecule has 3 rings (SSSR count). The van der Waals surface area contributed by atoms with E-state index < -0.39 is 70.0 Å². The predicted molar refractivity (Wildman–Crippen MR) is 228 cm³/mol. The van der Waals surface area contributed by atoms with Gasteiger partial charge in [0.1, 0.15) is 28.9 Å². The molecule has 3 aromatic rings. The molecule has 0 unspecified atom stereocenters. The van der Waals surface area contributed by atoms with Crippen molar-refractivity contribution in [3.05, 3.63) is 97.8 Å². The summed E-state index contributed by atoms with van der Waals surface area (Å²) in [5, 5.41) is 20.2. The van der Waals surface area contributed by atoms with Crippen molar-refractivity contribution in [1.29, 1.82) is 0 Å². The predicted octanol–water partition coefficient (Wildman–Crippen LogP) is -0.749. The number of aromatic nitrogens is 6. The number of aromatic amines is 3. The van der Waals surface area contributed by atoms with Crippen molar-refractivity contribution < 1.29 is 38.9 Å². The number of nitrogens with one attached hydrogen (secondary N) is 4. The van der Waals surface area contributed by atoms with Gasteiger partial charge in [-0.1, -0.05) is 56.3 Å². The van der Waals surface area contributed by atoms with E-state index in [2.05, 4.69) is 55.8 Å². The summed E-state index contributed by atoms with van der Waals surface area (Å²) in [6.07, 6.45) is 4.77. The van der Waals surface area contributed by atoms with Crippen LogP contribution >= 0.6 is 0 Å². The first-order valence-corrected chi connectivity index (χ1v) is 19.6. The van der Waals surface area contributed by atoms with Gasteiger partial charge in [-0.05, 0) is 19.3 Å². The first-order chi connectivity index (χ1) is 29.7. The lowest BCUT2D eigenvalue weighted by Crippen LogP contribution is -2.29. The SMILES string of the molecule is CC[C@@H](O)CC#Cc1cn(C)c(=O)[nH]c1=O.CC[C@H](CC#Cc1cn(C)c(=O)[nH]c1=O)OC(=O)CCC(=O)NC.CC[C@H](CC#Cc1cn(C)c(=O)[nH]c1=O)OC(=O)CCC(=O)O. The zero-order chi connectivity index (χ0) is 47.6. The summed E-state index contributed by atoms with van der Waals surface area (Å²) in [5.41, 5.74) is -2.61. The summed E-state index contributed by atoms with van der Waals surface area (Å²) < 4.78 is 14.0. The highest BCUT2D eigenvalue weighted by atomic mass is 16.5. The molecule has 0 aromatic carbocycles. The summed E-state index contributed by atoms with van der Waals surface area (Å²) in [7, 11) is 6.03. The number of hydrogen-bond acceptors (Lipinski definition) is 13. The zero-order valence-electron chi connectivity index (χ0n) is 36.2. The van der Waals surface area contributed by atoms with Gasteiger partial charge in [0, 0.05) is 72.5 Å². The maximum absolute atomic E-state index is 11.7. The number of carbonyl (C=O) groups excluding carboxylic acids is 3. The molecule has 0 radical (unpaired) electrons. The number of aliphatic carboxylic acids is 1. The molecule has 0 fully saturated rings. The van der Waals surface area contributed by atoms with E-state index in [1.807, 2.05) is 13.8 Å². The van der Waals surface area contributed by atoms with Crippen LogP contribution < -0.4 is 39.1 Å². The van der Waals surface area contributed by atoms with E-state index in [-0.39, 0.29) is 61.1 Å². The monoisotopic (exact) mass is 879 g/mol. The van der Waals surface area contributed by atoms with Crippen LogP contribution in [0.1, 0.15) is 102 Å². The van der Waals surface area contributed by atoms with Crippen molar-refractivity contribution in [2.45, 2.75) is 103 Å². The third-order valence-electron chi connectivity index (χ3n) is 8.35. The first kappa shape index (κ1) is 53.6. The Morgan fingerprint density at radius 1 is 0.603 bits per heavy atom. The molecule has 0 aliphatic heterocycles. The molecule has 63 heavy (non-hydrogen) atoms. The van der Waals surface area contributed by atoms with Gasteiger partial charge in [0.05, 0.1) is 25.4 Å². The number of carboxylic acid groups (broad SMARTS) is 1. The van der Waals surface area contributed by atoms with E-state index in [0.717, 1.165) is 0 Å². The van der Waals surface area contributed by atoms with Crippen molar-refractivity contribution in [3.8, 4) is 35.5 Å². The number of hydrogen-bond donors (Lipinski definition) is 6. The van der Waals surface area contributed by atoms with Crippen molar-refractivity contribution in [1.82, 2.24) is 34.0 Å². The van der Waals surface area contributed by atoms with Crippen molar-refractivity contribution in [2.75, 3.05) is 7.05 Å². The number of H-pyrrole nitrogens is 3. The molecular formula is C42H53N7O14. The molecule has 3 atom stereocenters. The van der Waals surface area contributed by atoms with Crippen LogP contribution in [-0.4, -0.2) is 88.0 Å². The topological polar surface area (TPSA) is 304 Å². The lowest BCUT2D eigenvalue weighted by atomic mass is 10.2. The number of ether oxygens (including phenoxy) is 2. The number of nitrogens with zero attached hydrogens (tertiary/aromatic N) is 3. The Bertz CT molecular complexity index is 2610. The molecule has 0 bridgehead atoms. The molecule has 3 aromatic heterocycles. The quantitative estimate of drug-likeness (QED) is 0.0858. The molecular weight excluding hydrogens is 826 g/mol. The van der Waals surface area contributed by atoms with Gasteiger partial charge in [-0.3, -0.25) is 48.5 Å². The summed E-state index contributed by atoms with van der Waals surface area (Å²) >= 11 is 0. The minimum atomic E-state index is -1.07. The maximum atomic E-state index is 11.7. The number of rotatable bonds is 14. The Morgan fingerprint density at radius 2 is 0.952 bits per heavy atom. The van der Waals surface area contributed by atoms with E-state index in [1.54, 1.807) is 6.92 Å². The highest BCUT2D eigenvalue weighted by molar-refractivity contribution is 5.81. The summed E-state index contributed by atoms with van der Waals surface area (Å²) in [6.45, 7) is 5.50. The van der Waals surface area contributed by atoms with Crippen LogP contribution in [0.5, 0.6) is 0 Å². The van der Waals surface area contributed by atoms with Crippen LogP contribution in [-0.2, 0) is 49.8 Å². The minimum Gasteiger partial charge on any atom is -0.481 e. The van der Waals surface area contributed by atoms with E-state index in [0.29, 0.717) is 25.7 Å². The zero-order valence-corrected chi connectivity index (χ0v) is 36.2. The molecule has 21 heteroatoms. The molecule has 1 amide bonds. The Hall–Kier alpha value is -7.44. The molecule has 0 aliphatic rings. The van der Waals surface area contributed by atoms with Crippen molar-refractivity contribution >= 4 is 23.8 Å². The summed E-state index contributed by atoms with van der Waals surface area (Å²) in [6, 6.07) is 0. The van der Waals surface area contributed by atoms with Crippen molar-refractivity contribution in [2.24, 2.45) is 21.1 Å². The number of aliphatic hydroxyl groups is 1. The maximum Gasteiger partial charge on any atom is 0.328 e. The second-order valence-corrected chi connectivity index (χ2v) is 13.4. The minimum absolute atomic E-state index is 0.00403. The molecule has 0 saturated heterocycles. The van der Waals surface area contributed by atoms with Crippen LogP contribution in [0.15, 0.2) is 47.4 Å². The molecule has 21 nitrogen and oxygen atoms in total. The molecule has 6 N–H and O–H groups in total. The van der Waals surface area contributed by atoms with E-state index in [1.165, 1.54) is 60.5 Å². The van der Waals surface area contributed by atoms with E-state index >= 15 is 0 Å². The second-order valence-electron chi connectivity index (χ2n) is 13.4. The summed E-state index contributed by atoms with van der Waals surface area (Å²) in [4.78, 5) is 119. The fourth-order valence-electron chi connectivity index (χ4n) is 4.46. The fraction of sp³-hybridized carbons (Fsp3) is 0.476. The van der Waals surface area contributed by atoms with Crippen LogP contribution in [0, 0.1) is 35.5 Å². The molecule has 0 aliphatic carbocycles. The third-order valence-corrected chi connectivity index (χ3v) is 8.35. The number of aryl methyl sites for hydroxylation is 3. The van der Waals surface area contributed by atoms with Gasteiger partial charge >= 0.3 is 35.0 Å². The normalized spacial score (nSPS) is 11.3. The lowest BCUT2D eigenvalue weighted by Gasteiger charge is -2.13. The molecule has 0 spiro atoms. The van der Waals surface area contributed by atoms with Crippen LogP contribution in [0.3, 0.4) is 0 Å². The highest BCUT2D eigenvalue weighted by Gasteiger charge is 2.14. The number of carboxylic acids is 1. The smallest absolute Gasteiger partial charge is 0.328 e. The van der Waals surface area contributed by atoms with Gasteiger partial charge in [0.2, 0.25) is 5.91 Å². The van der Waals surface area contributed by atoms with Crippen LogP contribution in [0.2, 0.25) is 0 Å². The average molecular weight is 880 g/mol. The number of aliphatic hydroxyl groups excluding tert-OH is 1. The molecule has 3 heterocycles. The van der Waals surface area contributed by atoms with Gasteiger partial charge in [-0.25, -0.2) is 14.4 Å². The lowest BCUT2D eigenvalue weighted by molar-refractivity contribution is -0.152.